The Kier molecular flexibility index (Phi) is 4.33. The summed E-state index contributed by atoms with van der Waals surface area (Å²) in [6, 6.07) is 0. The number of nitrogens with zero attached hydrogens (tertiary/aromatic N) is 5. The van der Waals surface area contributed by atoms with Crippen molar-refractivity contribution in [3.8, 4) is 0 Å². The van der Waals surface area contributed by atoms with Crippen LogP contribution in [0.5, 0.6) is 0 Å². The predicted molar refractivity (Wildman–Crippen MR) is 94.0 cm³/mol. The Balaban J connectivity index is 1.46. The Labute approximate surface area is 148 Å². The van der Waals surface area contributed by atoms with E-state index >= 15 is 0 Å². The van der Waals surface area contributed by atoms with Crippen LogP contribution in [-0.2, 0) is 11.3 Å². The SMILES string of the molecule is Cc1nc(N2CCOCC2)sc1C(=O)NCc1cnc2cnccn12. The largest absolute Gasteiger partial charge is 0.378 e. The molecule has 9 heteroatoms. The molecule has 4 rings (SSSR count). The van der Waals surface area contributed by atoms with E-state index in [9.17, 15) is 4.79 Å². The molecule has 1 amide bonds. The van der Waals surface area contributed by atoms with Crippen LogP contribution in [0.15, 0.2) is 24.8 Å². The van der Waals surface area contributed by atoms with Crippen LogP contribution in [0.2, 0.25) is 0 Å². The highest BCUT2D eigenvalue weighted by Gasteiger charge is 2.20. The molecule has 3 aromatic heterocycles. The smallest absolute Gasteiger partial charge is 0.263 e. The van der Waals surface area contributed by atoms with Crippen LogP contribution < -0.4 is 10.2 Å². The molecule has 0 saturated carbocycles. The van der Waals surface area contributed by atoms with Gasteiger partial charge in [0.05, 0.1) is 43.5 Å². The number of thiazole rings is 1. The summed E-state index contributed by atoms with van der Waals surface area (Å²) in [5.74, 6) is -0.112. The number of carbonyl (C=O) groups excluding carboxylic acids is 1. The molecule has 0 aliphatic carbocycles. The van der Waals surface area contributed by atoms with Gasteiger partial charge in [0, 0.05) is 25.5 Å². The van der Waals surface area contributed by atoms with Crippen LogP contribution in [0.25, 0.3) is 5.65 Å². The molecule has 1 N–H and O–H groups in total. The van der Waals surface area contributed by atoms with E-state index in [4.69, 9.17) is 4.74 Å². The van der Waals surface area contributed by atoms with Crippen molar-refractivity contribution < 1.29 is 9.53 Å². The van der Waals surface area contributed by atoms with Crippen molar-refractivity contribution in [2.75, 3.05) is 31.2 Å². The first-order valence-corrected chi connectivity index (χ1v) is 8.88. The number of aryl methyl sites for hydroxylation is 1. The molecular weight excluding hydrogens is 340 g/mol. The number of fused-ring (bicyclic) bond motifs is 1. The average molecular weight is 358 g/mol. The van der Waals surface area contributed by atoms with E-state index in [1.165, 1.54) is 11.3 Å². The minimum Gasteiger partial charge on any atom is -0.378 e. The number of aromatic nitrogens is 4. The number of rotatable bonds is 4. The Morgan fingerprint density at radius 3 is 3.04 bits per heavy atom. The van der Waals surface area contributed by atoms with Gasteiger partial charge in [0.15, 0.2) is 10.8 Å². The van der Waals surface area contributed by atoms with Gasteiger partial charge in [-0.25, -0.2) is 9.97 Å². The summed E-state index contributed by atoms with van der Waals surface area (Å²) in [6.45, 7) is 5.28. The summed E-state index contributed by atoms with van der Waals surface area (Å²) in [4.78, 5) is 28.2. The Bertz CT molecular complexity index is 899. The monoisotopic (exact) mass is 358 g/mol. The van der Waals surface area contributed by atoms with E-state index in [1.54, 1.807) is 18.6 Å². The van der Waals surface area contributed by atoms with Gasteiger partial charge in [0.25, 0.3) is 5.91 Å². The lowest BCUT2D eigenvalue weighted by atomic mass is 10.3. The number of anilines is 1. The summed E-state index contributed by atoms with van der Waals surface area (Å²) < 4.78 is 7.27. The molecule has 1 fully saturated rings. The molecule has 25 heavy (non-hydrogen) atoms. The third-order valence-corrected chi connectivity index (χ3v) is 5.31. The van der Waals surface area contributed by atoms with Crippen LogP contribution in [-0.4, -0.2) is 51.6 Å². The number of morpholine rings is 1. The van der Waals surface area contributed by atoms with Gasteiger partial charge in [-0.15, -0.1) is 0 Å². The third-order valence-electron chi connectivity index (χ3n) is 4.10. The van der Waals surface area contributed by atoms with E-state index in [2.05, 4.69) is 25.2 Å². The number of nitrogens with one attached hydrogen (secondary N) is 1. The van der Waals surface area contributed by atoms with Crippen molar-refractivity contribution in [3.63, 3.8) is 0 Å². The Morgan fingerprint density at radius 2 is 2.20 bits per heavy atom. The number of amides is 1. The lowest BCUT2D eigenvalue weighted by Crippen LogP contribution is -2.36. The molecule has 1 aliphatic rings. The van der Waals surface area contributed by atoms with Gasteiger partial charge in [-0.3, -0.25) is 14.2 Å². The van der Waals surface area contributed by atoms with Gasteiger partial charge in [-0.1, -0.05) is 11.3 Å². The van der Waals surface area contributed by atoms with E-state index in [0.717, 1.165) is 35.3 Å². The van der Waals surface area contributed by atoms with Crippen molar-refractivity contribution in [1.82, 2.24) is 24.7 Å². The van der Waals surface area contributed by atoms with Crippen molar-refractivity contribution in [3.05, 3.63) is 41.1 Å². The summed E-state index contributed by atoms with van der Waals surface area (Å²) in [5, 5.41) is 3.84. The topological polar surface area (TPSA) is 84.7 Å². The zero-order valence-electron chi connectivity index (χ0n) is 13.8. The minimum atomic E-state index is -0.112. The second-order valence-corrected chi connectivity index (χ2v) is 6.72. The number of hydrogen-bond acceptors (Lipinski definition) is 7. The van der Waals surface area contributed by atoms with Gasteiger partial charge in [-0.2, -0.15) is 0 Å². The number of ether oxygens (including phenoxy) is 1. The molecule has 1 saturated heterocycles. The quantitative estimate of drug-likeness (QED) is 0.756. The van der Waals surface area contributed by atoms with E-state index in [1.807, 2.05) is 17.5 Å². The van der Waals surface area contributed by atoms with Gasteiger partial charge < -0.3 is 15.0 Å². The highest BCUT2D eigenvalue weighted by atomic mass is 32.1. The average Bonchev–Trinajstić information content (AvgIpc) is 3.24. The first-order chi connectivity index (χ1) is 12.2. The molecule has 0 unspecified atom stereocenters. The molecule has 0 radical (unpaired) electrons. The minimum absolute atomic E-state index is 0.112. The van der Waals surface area contributed by atoms with Crippen molar-refractivity contribution >= 4 is 28.0 Å². The second-order valence-electron chi connectivity index (χ2n) is 5.75. The summed E-state index contributed by atoms with van der Waals surface area (Å²) >= 11 is 1.43. The fraction of sp³-hybridized carbons (Fsp3) is 0.375. The van der Waals surface area contributed by atoms with E-state index in [-0.39, 0.29) is 5.91 Å². The zero-order chi connectivity index (χ0) is 17.2. The highest BCUT2D eigenvalue weighted by Crippen LogP contribution is 2.26. The molecule has 1 aliphatic heterocycles. The third kappa shape index (κ3) is 3.20. The fourth-order valence-electron chi connectivity index (χ4n) is 2.76. The van der Waals surface area contributed by atoms with Gasteiger partial charge in [0.1, 0.15) is 4.88 Å². The maximum atomic E-state index is 12.6. The van der Waals surface area contributed by atoms with Crippen LogP contribution in [0.3, 0.4) is 0 Å². The lowest BCUT2D eigenvalue weighted by Gasteiger charge is -2.25. The van der Waals surface area contributed by atoms with Crippen LogP contribution in [0.1, 0.15) is 21.1 Å². The molecule has 0 bridgehead atoms. The number of hydrogen-bond donors (Lipinski definition) is 1. The lowest BCUT2D eigenvalue weighted by molar-refractivity contribution is 0.0953. The Morgan fingerprint density at radius 1 is 1.36 bits per heavy atom. The van der Waals surface area contributed by atoms with Crippen molar-refractivity contribution in [2.45, 2.75) is 13.5 Å². The number of imidazole rings is 1. The highest BCUT2D eigenvalue weighted by molar-refractivity contribution is 7.17. The molecule has 130 valence electrons. The second kappa shape index (κ2) is 6.77. The summed E-state index contributed by atoms with van der Waals surface area (Å²) in [7, 11) is 0. The van der Waals surface area contributed by atoms with Gasteiger partial charge >= 0.3 is 0 Å². The molecule has 0 atom stereocenters. The van der Waals surface area contributed by atoms with Gasteiger partial charge in [0.2, 0.25) is 0 Å². The Hall–Kier alpha value is -2.52. The molecule has 4 heterocycles. The van der Waals surface area contributed by atoms with Crippen molar-refractivity contribution in [2.24, 2.45) is 0 Å². The number of carbonyl (C=O) groups is 1. The summed E-state index contributed by atoms with van der Waals surface area (Å²) in [5.41, 5.74) is 2.42. The molecule has 0 spiro atoms. The van der Waals surface area contributed by atoms with Crippen LogP contribution in [0, 0.1) is 6.92 Å². The van der Waals surface area contributed by atoms with Crippen LogP contribution in [0.4, 0.5) is 5.13 Å². The molecule has 0 aromatic carbocycles. The first kappa shape index (κ1) is 16.0. The van der Waals surface area contributed by atoms with Crippen molar-refractivity contribution in [1.29, 1.82) is 0 Å². The van der Waals surface area contributed by atoms with Crippen LogP contribution >= 0.6 is 11.3 Å². The molecule has 8 nitrogen and oxygen atoms in total. The molecular formula is C16H18N6O2S. The molecule has 3 aromatic rings. The normalized spacial score (nSPS) is 14.8. The maximum absolute atomic E-state index is 12.6. The predicted octanol–water partition coefficient (Wildman–Crippen LogP) is 1.26. The standard InChI is InChI=1S/C16H18N6O2S/c1-11-14(25-16(20-11)21-4-6-24-7-5-21)15(23)19-9-12-8-18-13-10-17-2-3-22(12)13/h2-3,8,10H,4-7,9H2,1H3,(H,19,23). The summed E-state index contributed by atoms with van der Waals surface area (Å²) in [6.07, 6.45) is 6.96. The fourth-order valence-corrected chi connectivity index (χ4v) is 3.79. The zero-order valence-corrected chi connectivity index (χ0v) is 14.6. The maximum Gasteiger partial charge on any atom is 0.263 e. The van der Waals surface area contributed by atoms with E-state index in [0.29, 0.717) is 24.6 Å². The van der Waals surface area contributed by atoms with E-state index < -0.39 is 0 Å². The first-order valence-electron chi connectivity index (χ1n) is 8.06. The van der Waals surface area contributed by atoms with Gasteiger partial charge in [-0.05, 0) is 6.92 Å².